The second-order valence-corrected chi connectivity index (χ2v) is 6.87. The highest BCUT2D eigenvalue weighted by Gasteiger charge is 2.77. The van der Waals surface area contributed by atoms with Gasteiger partial charge in [0.1, 0.15) is 13.2 Å². The van der Waals surface area contributed by atoms with Crippen LogP contribution in [-0.4, -0.2) is 66.5 Å². The third-order valence-corrected chi connectivity index (χ3v) is 4.03. The van der Waals surface area contributed by atoms with Gasteiger partial charge in [0.2, 0.25) is 0 Å². The van der Waals surface area contributed by atoms with Crippen LogP contribution in [-0.2, 0) is 13.6 Å². The minimum Gasteiger partial charge on any atom is -0.302 e. The van der Waals surface area contributed by atoms with E-state index >= 15 is 0 Å². The zero-order valence-corrected chi connectivity index (χ0v) is 14.6. The quantitative estimate of drug-likeness (QED) is 0.271. The maximum absolute atomic E-state index is 13.1. The lowest BCUT2D eigenvalue weighted by Crippen LogP contribution is -2.59. The highest BCUT2D eigenvalue weighted by Crippen LogP contribution is 2.54. The molecule has 0 rings (SSSR count). The molecule has 0 atom stereocenters. The van der Waals surface area contributed by atoms with Crippen molar-refractivity contribution in [2.75, 3.05) is 13.2 Å². The van der Waals surface area contributed by atoms with Gasteiger partial charge in [-0.1, -0.05) is 0 Å². The normalized spacial score (nSPS) is 15.8. The minimum atomic E-state index is -7.00. The number of hydrogen-bond acceptors (Lipinski definition) is 3. The molecule has 0 aromatic heterocycles. The second kappa shape index (κ2) is 8.74. The van der Waals surface area contributed by atoms with Crippen LogP contribution in [0, 0.1) is 0 Å². The van der Waals surface area contributed by atoms with Gasteiger partial charge in [0.05, 0.1) is 0 Å². The zero-order chi connectivity index (χ0) is 25.5. The molecule has 0 aromatic carbocycles. The van der Waals surface area contributed by atoms with Crippen molar-refractivity contribution in [2.45, 2.75) is 48.4 Å². The van der Waals surface area contributed by atoms with E-state index in [1.807, 2.05) is 0 Å². The molecule has 21 heteroatoms. The van der Waals surface area contributed by atoms with Crippen LogP contribution in [0.2, 0.25) is 0 Å². The summed E-state index contributed by atoms with van der Waals surface area (Å²) >= 11 is 0. The highest BCUT2D eigenvalue weighted by atomic mass is 31.2. The second-order valence-electron chi connectivity index (χ2n) is 5.42. The van der Waals surface area contributed by atoms with Gasteiger partial charge >= 0.3 is 56.2 Å². The number of phosphoric acid groups is 1. The Labute approximate surface area is 159 Å². The molecule has 188 valence electrons. The third kappa shape index (κ3) is 5.68. The summed E-state index contributed by atoms with van der Waals surface area (Å²) < 4.78 is 218. The number of halogens is 16. The molecule has 0 heterocycles. The number of rotatable bonds is 12. The average Bonchev–Trinajstić information content (AvgIpc) is 2.57. The standard InChI is InChI=1S/C10H7F16O4P/c11-3(12)7(19,20)9(23,24)5(15,16)1-29-31(27,28)30-2-6(17,18)10(25,26)8(21,22)4(13)14/h3-4H,1-2H2,(H,27,28). The molecule has 31 heavy (non-hydrogen) atoms. The predicted molar refractivity (Wildman–Crippen MR) is 63.4 cm³/mol. The first-order chi connectivity index (χ1) is 13.3. The number of alkyl halides is 16. The Kier molecular flexibility index (Phi) is 8.45. The molecule has 0 aliphatic carbocycles. The van der Waals surface area contributed by atoms with Gasteiger partial charge < -0.3 is 4.89 Å². The largest absolute Gasteiger partial charge is 0.472 e. The van der Waals surface area contributed by atoms with E-state index in [-0.39, 0.29) is 0 Å². The lowest BCUT2D eigenvalue weighted by molar-refractivity contribution is -0.345. The smallest absolute Gasteiger partial charge is 0.302 e. The van der Waals surface area contributed by atoms with Gasteiger partial charge in [-0.2, -0.15) is 52.7 Å². The van der Waals surface area contributed by atoms with Crippen LogP contribution in [0.4, 0.5) is 70.2 Å². The number of phosphoric ester groups is 1. The van der Waals surface area contributed by atoms with Gasteiger partial charge in [-0.3, -0.25) is 9.05 Å². The molecule has 0 radical (unpaired) electrons. The van der Waals surface area contributed by atoms with Gasteiger partial charge in [-0.05, 0) is 0 Å². The van der Waals surface area contributed by atoms with Crippen LogP contribution in [0.15, 0.2) is 0 Å². The molecule has 0 aliphatic rings. The van der Waals surface area contributed by atoms with E-state index in [9.17, 15) is 74.8 Å². The lowest BCUT2D eigenvalue weighted by atomic mass is 10.1. The molecule has 0 aliphatic heterocycles. The molecule has 0 aromatic rings. The maximum Gasteiger partial charge on any atom is 0.472 e. The van der Waals surface area contributed by atoms with Crippen molar-refractivity contribution in [1.29, 1.82) is 0 Å². The molecule has 0 spiro atoms. The number of hydrogen-bond donors (Lipinski definition) is 1. The maximum atomic E-state index is 13.1. The molecule has 0 unspecified atom stereocenters. The van der Waals surface area contributed by atoms with Crippen LogP contribution in [0.5, 0.6) is 0 Å². The first-order valence-corrected chi connectivity index (χ1v) is 8.25. The highest BCUT2D eigenvalue weighted by molar-refractivity contribution is 7.47. The summed E-state index contributed by atoms with van der Waals surface area (Å²) in [7, 11) is -6.67. The Morgan fingerprint density at radius 2 is 0.839 bits per heavy atom. The van der Waals surface area contributed by atoms with E-state index in [2.05, 4.69) is 9.05 Å². The lowest BCUT2D eigenvalue weighted by Gasteiger charge is -2.33. The first kappa shape index (κ1) is 30.0. The van der Waals surface area contributed by atoms with Gasteiger partial charge in [-0.25, -0.2) is 22.1 Å². The summed E-state index contributed by atoms with van der Waals surface area (Å²) in [5, 5.41) is 0. The summed E-state index contributed by atoms with van der Waals surface area (Å²) in [4.78, 5) is 8.68. The molecule has 0 saturated heterocycles. The summed E-state index contributed by atoms with van der Waals surface area (Å²) in [6.07, 6.45) is -10.8. The summed E-state index contributed by atoms with van der Waals surface area (Å²) in [5.41, 5.74) is 0. The molecule has 0 bridgehead atoms. The van der Waals surface area contributed by atoms with Crippen molar-refractivity contribution in [3.05, 3.63) is 0 Å². The molecular weight excluding hydrogens is 519 g/mol. The van der Waals surface area contributed by atoms with Crippen molar-refractivity contribution >= 4 is 7.82 Å². The Morgan fingerprint density at radius 1 is 0.613 bits per heavy atom. The van der Waals surface area contributed by atoms with Crippen LogP contribution in [0.1, 0.15) is 0 Å². The van der Waals surface area contributed by atoms with Gasteiger partial charge in [0.25, 0.3) is 0 Å². The molecule has 0 saturated carbocycles. The van der Waals surface area contributed by atoms with Gasteiger partial charge in [0.15, 0.2) is 0 Å². The van der Waals surface area contributed by atoms with Crippen molar-refractivity contribution < 1.29 is 88.8 Å². The fourth-order valence-electron chi connectivity index (χ4n) is 1.31. The van der Waals surface area contributed by atoms with Crippen molar-refractivity contribution in [3.63, 3.8) is 0 Å². The van der Waals surface area contributed by atoms with E-state index in [4.69, 9.17) is 4.89 Å². The SMILES string of the molecule is O=P(O)(OCC(F)(F)C(F)(F)C(F)(F)C(F)F)OCC(F)(F)C(F)(F)C(F)(F)C(F)F. The van der Waals surface area contributed by atoms with Gasteiger partial charge in [0, 0.05) is 0 Å². The average molecular weight is 526 g/mol. The Bertz CT molecular complexity index is 613. The Morgan fingerprint density at radius 3 is 1.03 bits per heavy atom. The summed E-state index contributed by atoms with van der Waals surface area (Å²) in [6, 6.07) is 0. The van der Waals surface area contributed by atoms with Crippen molar-refractivity contribution in [2.24, 2.45) is 0 Å². The Hall–Kier alpha value is -1.01. The summed E-state index contributed by atoms with van der Waals surface area (Å²) in [5.74, 6) is -40.4. The van der Waals surface area contributed by atoms with E-state index < -0.39 is 69.4 Å². The third-order valence-electron chi connectivity index (χ3n) is 3.12. The van der Waals surface area contributed by atoms with E-state index in [1.165, 1.54) is 0 Å². The van der Waals surface area contributed by atoms with Crippen LogP contribution in [0.3, 0.4) is 0 Å². The van der Waals surface area contributed by atoms with Crippen LogP contribution < -0.4 is 0 Å². The topological polar surface area (TPSA) is 55.8 Å². The fourth-order valence-corrected chi connectivity index (χ4v) is 2.03. The zero-order valence-electron chi connectivity index (χ0n) is 13.7. The molecule has 0 fully saturated rings. The van der Waals surface area contributed by atoms with E-state index in [0.29, 0.717) is 0 Å². The predicted octanol–water partition coefficient (Wildman–Crippen LogP) is 5.46. The van der Waals surface area contributed by atoms with Gasteiger partial charge in [-0.15, -0.1) is 0 Å². The molecule has 0 amide bonds. The summed E-state index contributed by atoms with van der Waals surface area (Å²) in [6.45, 7) is -6.88. The van der Waals surface area contributed by atoms with Crippen molar-refractivity contribution in [1.82, 2.24) is 0 Å². The molecule has 1 N–H and O–H groups in total. The van der Waals surface area contributed by atoms with E-state index in [1.54, 1.807) is 0 Å². The molecular formula is C10H7F16O4P. The molecule has 4 nitrogen and oxygen atoms in total. The minimum absolute atomic E-state index is 2.86. The van der Waals surface area contributed by atoms with Crippen LogP contribution in [0.25, 0.3) is 0 Å². The van der Waals surface area contributed by atoms with E-state index in [0.717, 1.165) is 0 Å². The van der Waals surface area contributed by atoms with Crippen LogP contribution >= 0.6 is 7.82 Å². The Balaban J connectivity index is 5.41. The first-order valence-electron chi connectivity index (χ1n) is 6.75. The monoisotopic (exact) mass is 526 g/mol. The fraction of sp³-hybridized carbons (Fsp3) is 1.00. The van der Waals surface area contributed by atoms with Crippen molar-refractivity contribution in [3.8, 4) is 0 Å².